The molecular formula is C15H16Cl3NOS. The number of aryl methyl sites for hydroxylation is 1. The van der Waals surface area contributed by atoms with Crippen molar-refractivity contribution in [3.63, 3.8) is 0 Å². The van der Waals surface area contributed by atoms with E-state index in [1.54, 1.807) is 12.1 Å². The maximum atomic E-state index is 6.12. The number of likely N-dealkylation sites (N-methyl/N-ethyl adjacent to an activating group) is 1. The molecule has 1 atom stereocenters. The number of benzene rings is 1. The van der Waals surface area contributed by atoms with Crippen LogP contribution in [0, 0.1) is 6.92 Å². The summed E-state index contributed by atoms with van der Waals surface area (Å²) >= 11 is 13.8. The van der Waals surface area contributed by atoms with Gasteiger partial charge in [-0.15, -0.1) is 23.7 Å². The molecule has 0 amide bonds. The standard InChI is InChI=1S/C15H15Cl2NOS.ClH/c1-9-5-11-14(7-18(2)8-15(11)20-9)19-10-3-4-12(16)13(17)6-10;/h3-6,14H,7-8H2,1-2H3;1H. The molecule has 0 spiro atoms. The Bertz CT molecular complexity index is 644. The topological polar surface area (TPSA) is 12.5 Å². The van der Waals surface area contributed by atoms with Crippen LogP contribution in [-0.2, 0) is 6.54 Å². The molecule has 2 heterocycles. The molecular weight excluding hydrogens is 349 g/mol. The van der Waals surface area contributed by atoms with Crippen molar-refractivity contribution in [2.75, 3.05) is 13.6 Å². The zero-order valence-corrected chi connectivity index (χ0v) is 14.9. The fraction of sp³-hybridized carbons (Fsp3) is 0.333. The van der Waals surface area contributed by atoms with Gasteiger partial charge in [-0.3, -0.25) is 4.90 Å². The Hall–Kier alpha value is -0.450. The van der Waals surface area contributed by atoms with Gasteiger partial charge in [0.1, 0.15) is 11.9 Å². The average molecular weight is 365 g/mol. The van der Waals surface area contributed by atoms with Crippen LogP contribution in [0.1, 0.15) is 21.4 Å². The van der Waals surface area contributed by atoms with E-state index < -0.39 is 0 Å². The summed E-state index contributed by atoms with van der Waals surface area (Å²) in [5.74, 6) is 0.759. The maximum absolute atomic E-state index is 6.12. The first-order valence-electron chi connectivity index (χ1n) is 6.42. The predicted octanol–water partition coefficient (Wildman–Crippen LogP) is 5.35. The quantitative estimate of drug-likeness (QED) is 0.712. The first-order valence-corrected chi connectivity index (χ1v) is 7.99. The molecule has 0 bridgehead atoms. The van der Waals surface area contributed by atoms with E-state index in [0.717, 1.165) is 18.8 Å². The molecule has 0 N–H and O–H groups in total. The minimum absolute atomic E-state index is 0. The summed E-state index contributed by atoms with van der Waals surface area (Å²) in [5.41, 5.74) is 1.30. The van der Waals surface area contributed by atoms with Crippen molar-refractivity contribution in [1.29, 1.82) is 0 Å². The SMILES string of the molecule is Cc1cc2c(s1)CN(C)CC2Oc1ccc(Cl)c(Cl)c1.Cl. The van der Waals surface area contributed by atoms with E-state index in [0.29, 0.717) is 10.0 Å². The number of hydrogen-bond donors (Lipinski definition) is 0. The Morgan fingerprint density at radius 1 is 1.24 bits per heavy atom. The lowest BCUT2D eigenvalue weighted by atomic mass is 10.1. The highest BCUT2D eigenvalue weighted by Gasteiger charge is 2.26. The third-order valence-electron chi connectivity index (χ3n) is 3.37. The molecule has 2 aromatic rings. The molecule has 3 rings (SSSR count). The Balaban J connectivity index is 0.00000161. The summed E-state index contributed by atoms with van der Waals surface area (Å²) in [4.78, 5) is 5.00. The summed E-state index contributed by atoms with van der Waals surface area (Å²) in [6, 6.07) is 7.64. The molecule has 0 aliphatic carbocycles. The monoisotopic (exact) mass is 363 g/mol. The highest BCUT2D eigenvalue weighted by molar-refractivity contribution is 7.12. The van der Waals surface area contributed by atoms with Gasteiger partial charge in [-0.1, -0.05) is 23.2 Å². The predicted molar refractivity (Wildman–Crippen MR) is 92.5 cm³/mol. The Morgan fingerprint density at radius 2 is 2.00 bits per heavy atom. The lowest BCUT2D eigenvalue weighted by Gasteiger charge is -2.30. The molecule has 114 valence electrons. The Kier molecular flexibility index (Phi) is 5.44. The van der Waals surface area contributed by atoms with E-state index in [-0.39, 0.29) is 18.5 Å². The molecule has 0 saturated carbocycles. The van der Waals surface area contributed by atoms with Crippen molar-refractivity contribution in [2.24, 2.45) is 0 Å². The molecule has 0 saturated heterocycles. The lowest BCUT2D eigenvalue weighted by Crippen LogP contribution is -2.31. The summed E-state index contributed by atoms with van der Waals surface area (Å²) in [5, 5.41) is 1.07. The largest absolute Gasteiger partial charge is 0.484 e. The van der Waals surface area contributed by atoms with Crippen molar-refractivity contribution >= 4 is 46.9 Å². The maximum Gasteiger partial charge on any atom is 0.137 e. The van der Waals surface area contributed by atoms with Crippen LogP contribution >= 0.6 is 46.9 Å². The van der Waals surface area contributed by atoms with Crippen LogP contribution in [0.3, 0.4) is 0 Å². The Morgan fingerprint density at radius 3 is 2.71 bits per heavy atom. The molecule has 1 unspecified atom stereocenters. The minimum atomic E-state index is 0. The van der Waals surface area contributed by atoms with E-state index in [4.69, 9.17) is 27.9 Å². The summed E-state index contributed by atoms with van der Waals surface area (Å²) in [6.45, 7) is 4.01. The fourth-order valence-electron chi connectivity index (χ4n) is 2.48. The van der Waals surface area contributed by atoms with Gasteiger partial charge in [-0.05, 0) is 32.2 Å². The number of rotatable bonds is 2. The fourth-order valence-corrected chi connectivity index (χ4v) is 3.94. The van der Waals surface area contributed by atoms with E-state index in [2.05, 4.69) is 24.9 Å². The van der Waals surface area contributed by atoms with Crippen LogP contribution in [-0.4, -0.2) is 18.5 Å². The molecule has 1 aliphatic heterocycles. The van der Waals surface area contributed by atoms with Crippen LogP contribution in [0.4, 0.5) is 0 Å². The normalized spacial score (nSPS) is 18.0. The van der Waals surface area contributed by atoms with Gasteiger partial charge in [-0.25, -0.2) is 0 Å². The van der Waals surface area contributed by atoms with Gasteiger partial charge < -0.3 is 4.74 Å². The highest BCUT2D eigenvalue weighted by Crippen LogP contribution is 2.36. The molecule has 0 radical (unpaired) electrons. The molecule has 0 fully saturated rings. The second-order valence-electron chi connectivity index (χ2n) is 5.11. The number of hydrogen-bond acceptors (Lipinski definition) is 3. The lowest BCUT2D eigenvalue weighted by molar-refractivity contribution is 0.131. The van der Waals surface area contributed by atoms with Crippen molar-refractivity contribution in [2.45, 2.75) is 19.6 Å². The van der Waals surface area contributed by atoms with Crippen molar-refractivity contribution < 1.29 is 4.74 Å². The van der Waals surface area contributed by atoms with Crippen LogP contribution in [0.25, 0.3) is 0 Å². The van der Waals surface area contributed by atoms with Crippen molar-refractivity contribution in [3.05, 3.63) is 49.6 Å². The summed E-state index contributed by atoms with van der Waals surface area (Å²) in [6.07, 6.45) is 0.0472. The number of nitrogens with zero attached hydrogens (tertiary/aromatic N) is 1. The average Bonchev–Trinajstić information content (AvgIpc) is 2.74. The van der Waals surface area contributed by atoms with E-state index in [1.807, 2.05) is 17.4 Å². The van der Waals surface area contributed by atoms with Gasteiger partial charge in [0.15, 0.2) is 0 Å². The first kappa shape index (κ1) is 16.9. The zero-order valence-electron chi connectivity index (χ0n) is 11.7. The van der Waals surface area contributed by atoms with E-state index >= 15 is 0 Å². The van der Waals surface area contributed by atoms with Crippen LogP contribution in [0.2, 0.25) is 10.0 Å². The van der Waals surface area contributed by atoms with Crippen LogP contribution < -0.4 is 4.74 Å². The van der Waals surface area contributed by atoms with Crippen molar-refractivity contribution in [3.8, 4) is 5.75 Å². The number of fused-ring (bicyclic) bond motifs is 1. The van der Waals surface area contributed by atoms with Gasteiger partial charge in [-0.2, -0.15) is 0 Å². The first-order chi connectivity index (χ1) is 9.52. The Labute approximate surface area is 145 Å². The summed E-state index contributed by atoms with van der Waals surface area (Å²) in [7, 11) is 2.11. The zero-order chi connectivity index (χ0) is 14.3. The molecule has 21 heavy (non-hydrogen) atoms. The third kappa shape index (κ3) is 3.66. The van der Waals surface area contributed by atoms with Gasteiger partial charge in [0.05, 0.1) is 10.0 Å². The summed E-state index contributed by atoms with van der Waals surface area (Å²) < 4.78 is 6.12. The minimum Gasteiger partial charge on any atom is -0.484 e. The van der Waals surface area contributed by atoms with Gasteiger partial charge in [0, 0.05) is 34.5 Å². The van der Waals surface area contributed by atoms with E-state index in [1.165, 1.54) is 15.3 Å². The number of ether oxygens (including phenoxy) is 1. The van der Waals surface area contributed by atoms with Gasteiger partial charge >= 0.3 is 0 Å². The number of halogens is 3. The van der Waals surface area contributed by atoms with Crippen LogP contribution in [0.5, 0.6) is 5.75 Å². The second kappa shape index (κ2) is 6.76. The molecule has 1 aromatic heterocycles. The molecule has 2 nitrogen and oxygen atoms in total. The molecule has 1 aromatic carbocycles. The molecule has 1 aliphatic rings. The smallest absolute Gasteiger partial charge is 0.137 e. The van der Waals surface area contributed by atoms with Gasteiger partial charge in [0.25, 0.3) is 0 Å². The van der Waals surface area contributed by atoms with Crippen molar-refractivity contribution in [1.82, 2.24) is 4.90 Å². The molecule has 6 heteroatoms. The van der Waals surface area contributed by atoms with E-state index in [9.17, 15) is 0 Å². The van der Waals surface area contributed by atoms with Gasteiger partial charge in [0.2, 0.25) is 0 Å². The second-order valence-corrected chi connectivity index (χ2v) is 7.27. The highest BCUT2D eigenvalue weighted by atomic mass is 35.5. The van der Waals surface area contributed by atoms with Crippen LogP contribution in [0.15, 0.2) is 24.3 Å². The third-order valence-corrected chi connectivity index (χ3v) is 5.16. The number of thiophene rings is 1.